The number of carbonyl (C=O) groups excluding carboxylic acids is 2. The highest BCUT2D eigenvalue weighted by atomic mass is 16.5. The van der Waals surface area contributed by atoms with E-state index >= 15 is 0 Å². The van der Waals surface area contributed by atoms with Crippen LogP contribution in [0.15, 0.2) is 0 Å². The van der Waals surface area contributed by atoms with Crippen LogP contribution in [0.3, 0.4) is 0 Å². The quantitative estimate of drug-likeness (QED) is 0.826. The van der Waals surface area contributed by atoms with E-state index in [0.29, 0.717) is 50.3 Å². The smallest absolute Gasteiger partial charge is 0.274 e. The molecule has 1 aromatic heterocycles. The van der Waals surface area contributed by atoms with E-state index in [1.165, 1.54) is 0 Å². The number of aromatic nitrogens is 2. The Kier molecular flexibility index (Phi) is 3.81. The molecule has 5 rings (SSSR count). The van der Waals surface area contributed by atoms with Crippen molar-refractivity contribution >= 4 is 17.6 Å². The molecule has 0 aromatic carbocycles. The van der Waals surface area contributed by atoms with Crippen molar-refractivity contribution in [3.05, 3.63) is 11.3 Å². The Hall–Kier alpha value is -1.89. The predicted octanol–water partition coefficient (Wildman–Crippen LogP) is 1.77. The monoisotopic (exact) mass is 358 g/mol. The second kappa shape index (κ2) is 6.08. The van der Waals surface area contributed by atoms with E-state index in [2.05, 4.69) is 0 Å². The van der Waals surface area contributed by atoms with Gasteiger partial charge in [0.1, 0.15) is 5.82 Å². The fraction of sp³-hybridized carbons (Fsp3) is 0.737. The Bertz CT molecular complexity index is 752. The fourth-order valence-electron chi connectivity index (χ4n) is 4.93. The molecule has 2 atom stereocenters. The van der Waals surface area contributed by atoms with Gasteiger partial charge in [-0.15, -0.1) is 0 Å². The minimum absolute atomic E-state index is 0.0717. The third kappa shape index (κ3) is 2.40. The van der Waals surface area contributed by atoms with E-state index in [9.17, 15) is 9.59 Å². The van der Waals surface area contributed by atoms with Gasteiger partial charge < -0.3 is 9.64 Å². The van der Waals surface area contributed by atoms with E-state index in [0.717, 1.165) is 43.6 Å². The van der Waals surface area contributed by atoms with Crippen LogP contribution in [0.2, 0.25) is 0 Å². The zero-order valence-electron chi connectivity index (χ0n) is 15.3. The molecule has 7 nitrogen and oxygen atoms in total. The molecule has 3 aliphatic heterocycles. The highest BCUT2D eigenvalue weighted by Gasteiger charge is 2.50. The van der Waals surface area contributed by atoms with Gasteiger partial charge in [-0.3, -0.25) is 14.5 Å². The van der Waals surface area contributed by atoms with E-state index in [1.807, 2.05) is 21.4 Å². The highest BCUT2D eigenvalue weighted by molar-refractivity contribution is 6.01. The molecule has 3 fully saturated rings. The Morgan fingerprint density at radius 2 is 2.04 bits per heavy atom. The molecule has 1 saturated carbocycles. The lowest BCUT2D eigenvalue weighted by atomic mass is 10.0. The van der Waals surface area contributed by atoms with Gasteiger partial charge in [0.05, 0.1) is 6.04 Å². The van der Waals surface area contributed by atoms with Crippen LogP contribution in [0.5, 0.6) is 0 Å². The first-order chi connectivity index (χ1) is 12.7. The summed E-state index contributed by atoms with van der Waals surface area (Å²) in [7, 11) is 0. The number of ether oxygens (including phenoxy) is 1. The summed E-state index contributed by atoms with van der Waals surface area (Å²) < 4.78 is 7.48. The topological polar surface area (TPSA) is 67.7 Å². The van der Waals surface area contributed by atoms with Gasteiger partial charge in [-0.2, -0.15) is 5.10 Å². The number of carbonyl (C=O) groups is 2. The van der Waals surface area contributed by atoms with Crippen molar-refractivity contribution in [2.75, 3.05) is 31.2 Å². The second-order valence-electron chi connectivity index (χ2n) is 7.93. The largest absolute Gasteiger partial charge is 0.381 e. The van der Waals surface area contributed by atoms with Crippen LogP contribution in [0, 0.1) is 5.92 Å². The molecule has 1 aliphatic carbocycles. The summed E-state index contributed by atoms with van der Waals surface area (Å²) in [5, 5.41) is 4.82. The predicted molar refractivity (Wildman–Crippen MR) is 95.2 cm³/mol. The summed E-state index contributed by atoms with van der Waals surface area (Å²) in [6.45, 7) is 4.87. The average molecular weight is 358 g/mol. The number of fused-ring (bicyclic) bond motifs is 2. The summed E-state index contributed by atoms with van der Waals surface area (Å²) in [5.41, 5.74) is 1.57. The van der Waals surface area contributed by atoms with Crippen molar-refractivity contribution < 1.29 is 14.3 Å². The van der Waals surface area contributed by atoms with E-state index in [4.69, 9.17) is 9.84 Å². The fourth-order valence-corrected chi connectivity index (χ4v) is 4.93. The van der Waals surface area contributed by atoms with E-state index in [1.54, 1.807) is 0 Å². The maximum absolute atomic E-state index is 13.3. The van der Waals surface area contributed by atoms with Gasteiger partial charge in [0.15, 0.2) is 5.69 Å². The number of hydrogen-bond donors (Lipinski definition) is 0. The molecular weight excluding hydrogens is 332 g/mol. The molecule has 2 amide bonds. The molecule has 0 bridgehead atoms. The Morgan fingerprint density at radius 1 is 1.23 bits per heavy atom. The number of nitrogens with zero attached hydrogens (tertiary/aromatic N) is 4. The SMILES string of the molecule is CCN1C(=O)CCc2c(C(=O)N3CCC4CC43)nn(C3CCOCC3)c21. The summed E-state index contributed by atoms with van der Waals surface area (Å²) in [6.07, 6.45) is 5.11. The second-order valence-corrected chi connectivity index (χ2v) is 7.93. The highest BCUT2D eigenvalue weighted by Crippen LogP contribution is 2.45. The molecule has 2 unspecified atom stereocenters. The molecule has 4 aliphatic rings. The van der Waals surface area contributed by atoms with Crippen LogP contribution in [0.4, 0.5) is 5.82 Å². The molecule has 140 valence electrons. The molecule has 0 spiro atoms. The normalized spacial score (nSPS) is 28.3. The van der Waals surface area contributed by atoms with Gasteiger partial charge in [-0.05, 0) is 44.9 Å². The zero-order valence-corrected chi connectivity index (χ0v) is 15.3. The van der Waals surface area contributed by atoms with Gasteiger partial charge in [0.25, 0.3) is 5.91 Å². The van der Waals surface area contributed by atoms with Crippen molar-refractivity contribution in [1.82, 2.24) is 14.7 Å². The van der Waals surface area contributed by atoms with E-state index in [-0.39, 0.29) is 17.9 Å². The van der Waals surface area contributed by atoms with Gasteiger partial charge in [0, 0.05) is 44.3 Å². The number of hydrogen-bond acceptors (Lipinski definition) is 4. The third-order valence-corrected chi connectivity index (χ3v) is 6.47. The molecule has 7 heteroatoms. The van der Waals surface area contributed by atoms with Crippen molar-refractivity contribution in [2.45, 2.75) is 57.5 Å². The number of rotatable bonds is 3. The maximum atomic E-state index is 13.3. The van der Waals surface area contributed by atoms with Crippen LogP contribution in [0.1, 0.15) is 61.1 Å². The van der Waals surface area contributed by atoms with Crippen LogP contribution >= 0.6 is 0 Å². The lowest BCUT2D eigenvalue weighted by Crippen LogP contribution is -2.37. The molecule has 1 aromatic rings. The summed E-state index contributed by atoms with van der Waals surface area (Å²) >= 11 is 0. The molecule has 2 saturated heterocycles. The standard InChI is InChI=1S/C19H26N4O3/c1-2-21-16(24)4-3-14-17(19(25)22-8-5-12-11-15(12)22)20-23(18(14)21)13-6-9-26-10-7-13/h12-13,15H,2-11H2,1H3. The number of amides is 2. The molecule has 0 N–H and O–H groups in total. The molecular formula is C19H26N4O3. The van der Waals surface area contributed by atoms with Gasteiger partial charge >= 0.3 is 0 Å². The number of piperidine rings is 1. The van der Waals surface area contributed by atoms with Crippen molar-refractivity contribution in [3.63, 3.8) is 0 Å². The minimum Gasteiger partial charge on any atom is -0.381 e. The summed E-state index contributed by atoms with van der Waals surface area (Å²) in [4.78, 5) is 29.6. The number of likely N-dealkylation sites (tertiary alicyclic amines) is 1. The Balaban J connectivity index is 1.57. The first kappa shape index (κ1) is 16.3. The average Bonchev–Trinajstić information content (AvgIpc) is 3.16. The summed E-state index contributed by atoms with van der Waals surface area (Å²) in [5.74, 6) is 1.78. The van der Waals surface area contributed by atoms with Crippen LogP contribution in [-0.4, -0.2) is 58.8 Å². The van der Waals surface area contributed by atoms with Crippen molar-refractivity contribution in [3.8, 4) is 0 Å². The lowest BCUT2D eigenvalue weighted by molar-refractivity contribution is -0.118. The maximum Gasteiger partial charge on any atom is 0.274 e. The van der Waals surface area contributed by atoms with Gasteiger partial charge in [-0.25, -0.2) is 4.68 Å². The van der Waals surface area contributed by atoms with Gasteiger partial charge in [-0.1, -0.05) is 0 Å². The van der Waals surface area contributed by atoms with Crippen LogP contribution in [0.25, 0.3) is 0 Å². The zero-order chi connectivity index (χ0) is 17.8. The molecule has 26 heavy (non-hydrogen) atoms. The van der Waals surface area contributed by atoms with Crippen LogP contribution < -0.4 is 4.90 Å². The van der Waals surface area contributed by atoms with Crippen LogP contribution in [-0.2, 0) is 16.0 Å². The Labute approximate surface area is 153 Å². The summed E-state index contributed by atoms with van der Waals surface area (Å²) in [6, 6.07) is 0.630. The number of anilines is 1. The minimum atomic E-state index is 0.0717. The van der Waals surface area contributed by atoms with Crippen molar-refractivity contribution in [2.24, 2.45) is 5.92 Å². The first-order valence-electron chi connectivity index (χ1n) is 9.99. The Morgan fingerprint density at radius 3 is 2.69 bits per heavy atom. The van der Waals surface area contributed by atoms with Gasteiger partial charge in [0.2, 0.25) is 5.91 Å². The molecule has 0 radical (unpaired) electrons. The first-order valence-corrected chi connectivity index (χ1v) is 9.99. The lowest BCUT2D eigenvalue weighted by Gasteiger charge is -2.31. The molecule has 4 heterocycles. The van der Waals surface area contributed by atoms with E-state index < -0.39 is 0 Å². The van der Waals surface area contributed by atoms with Crippen molar-refractivity contribution in [1.29, 1.82) is 0 Å². The third-order valence-electron chi connectivity index (χ3n) is 6.47.